The van der Waals surface area contributed by atoms with Gasteiger partial charge in [0, 0.05) is 32.5 Å². The fourth-order valence-electron chi connectivity index (χ4n) is 3.09. The van der Waals surface area contributed by atoms with Crippen LogP contribution in [0.15, 0.2) is 18.2 Å². The summed E-state index contributed by atoms with van der Waals surface area (Å²) in [6, 6.07) is 7.01. The minimum absolute atomic E-state index is 0.434. The molecule has 1 aromatic rings. The zero-order valence-electron chi connectivity index (χ0n) is 11.0. The number of rotatable bonds is 3. The molecule has 1 aromatic carbocycles. The number of hydrogen-bond donors (Lipinski definition) is 0. The molecule has 2 heteroatoms. The van der Waals surface area contributed by atoms with Crippen LogP contribution in [0.4, 0.5) is 0 Å². The first kappa shape index (κ1) is 11.9. The number of nitrogens with zero attached hydrogens (tertiary/aromatic N) is 1. The van der Waals surface area contributed by atoms with E-state index in [0.29, 0.717) is 5.78 Å². The summed E-state index contributed by atoms with van der Waals surface area (Å²) in [7, 11) is 0. The smallest absolute Gasteiger partial charge is 0.135 e. The lowest BCUT2D eigenvalue weighted by molar-refractivity contribution is -0.121. The fraction of sp³-hybridized carbons (Fsp3) is 0.562. The molecule has 0 spiro atoms. The van der Waals surface area contributed by atoms with Crippen molar-refractivity contribution in [3.8, 4) is 0 Å². The minimum Gasteiger partial charge on any atom is -0.302 e. The maximum Gasteiger partial charge on any atom is 0.135 e. The molecule has 1 fully saturated rings. The van der Waals surface area contributed by atoms with Gasteiger partial charge in [0.2, 0.25) is 0 Å². The van der Waals surface area contributed by atoms with Crippen molar-refractivity contribution in [3.05, 3.63) is 34.9 Å². The lowest BCUT2D eigenvalue weighted by Gasteiger charge is -2.25. The number of carbonyl (C=O) groups excluding carboxylic acids is 1. The van der Waals surface area contributed by atoms with Crippen LogP contribution in [0.25, 0.3) is 0 Å². The number of likely N-dealkylation sites (tertiary alicyclic amines) is 1. The molecule has 0 saturated carbocycles. The second-order valence-corrected chi connectivity index (χ2v) is 5.59. The molecule has 1 aliphatic carbocycles. The van der Waals surface area contributed by atoms with Crippen LogP contribution in [-0.4, -0.2) is 30.3 Å². The van der Waals surface area contributed by atoms with Crippen molar-refractivity contribution in [2.75, 3.05) is 19.6 Å². The van der Waals surface area contributed by atoms with Gasteiger partial charge in [0.25, 0.3) is 0 Å². The summed E-state index contributed by atoms with van der Waals surface area (Å²) in [6.07, 6.45) is 6.49. The molecule has 0 atom stereocenters. The Balaban J connectivity index is 1.55. The SMILES string of the molecule is O=C1CCN(CCc2ccc3c(c2)CCC3)CC1. The first-order valence-corrected chi connectivity index (χ1v) is 7.16. The Kier molecular flexibility index (Phi) is 3.46. The van der Waals surface area contributed by atoms with Crippen LogP contribution in [0.2, 0.25) is 0 Å². The van der Waals surface area contributed by atoms with E-state index < -0.39 is 0 Å². The van der Waals surface area contributed by atoms with E-state index >= 15 is 0 Å². The maximum absolute atomic E-state index is 11.2. The van der Waals surface area contributed by atoms with Crippen molar-refractivity contribution in [2.24, 2.45) is 0 Å². The van der Waals surface area contributed by atoms with Gasteiger partial charge in [0.15, 0.2) is 0 Å². The standard InChI is InChI=1S/C16H21NO/c18-16-7-10-17(11-8-16)9-6-13-4-5-14-2-1-3-15(14)12-13/h4-5,12H,1-3,6-11H2. The molecule has 18 heavy (non-hydrogen) atoms. The lowest BCUT2D eigenvalue weighted by atomic mass is 10.0. The van der Waals surface area contributed by atoms with Crippen molar-refractivity contribution in [2.45, 2.75) is 38.5 Å². The normalized spacial score (nSPS) is 20.1. The van der Waals surface area contributed by atoms with Crippen LogP contribution in [0, 0.1) is 0 Å². The van der Waals surface area contributed by atoms with E-state index in [2.05, 4.69) is 23.1 Å². The Bertz CT molecular complexity index is 442. The van der Waals surface area contributed by atoms with Crippen LogP contribution < -0.4 is 0 Å². The molecule has 0 amide bonds. The average Bonchev–Trinajstić information content (AvgIpc) is 2.85. The summed E-state index contributed by atoms with van der Waals surface area (Å²) in [5.74, 6) is 0.434. The Labute approximate surface area is 109 Å². The number of piperidine rings is 1. The summed E-state index contributed by atoms with van der Waals surface area (Å²) in [5, 5.41) is 0. The molecule has 0 bridgehead atoms. The molecule has 1 heterocycles. The number of aryl methyl sites for hydroxylation is 2. The molecule has 3 rings (SSSR count). The summed E-state index contributed by atoms with van der Waals surface area (Å²) in [4.78, 5) is 13.6. The third-order valence-corrected chi connectivity index (χ3v) is 4.29. The molecule has 0 N–H and O–H groups in total. The quantitative estimate of drug-likeness (QED) is 0.812. The van der Waals surface area contributed by atoms with Crippen LogP contribution >= 0.6 is 0 Å². The number of hydrogen-bond acceptors (Lipinski definition) is 2. The number of benzene rings is 1. The second kappa shape index (κ2) is 5.23. The predicted molar refractivity (Wildman–Crippen MR) is 72.9 cm³/mol. The highest BCUT2D eigenvalue weighted by Crippen LogP contribution is 2.23. The van der Waals surface area contributed by atoms with E-state index in [9.17, 15) is 4.79 Å². The molecule has 0 unspecified atom stereocenters. The number of Topliss-reactive ketones (excluding diaryl/α,β-unsaturated/α-hetero) is 1. The second-order valence-electron chi connectivity index (χ2n) is 5.59. The largest absolute Gasteiger partial charge is 0.302 e. The minimum atomic E-state index is 0.434. The third-order valence-electron chi connectivity index (χ3n) is 4.29. The van der Waals surface area contributed by atoms with E-state index in [-0.39, 0.29) is 0 Å². The topological polar surface area (TPSA) is 20.3 Å². The van der Waals surface area contributed by atoms with Crippen molar-refractivity contribution in [3.63, 3.8) is 0 Å². The van der Waals surface area contributed by atoms with Crippen molar-refractivity contribution >= 4 is 5.78 Å². The van der Waals surface area contributed by atoms with Gasteiger partial charge in [-0.25, -0.2) is 0 Å². The molecule has 2 aliphatic rings. The van der Waals surface area contributed by atoms with Crippen LogP contribution in [0.5, 0.6) is 0 Å². The van der Waals surface area contributed by atoms with E-state index in [1.165, 1.54) is 24.8 Å². The van der Waals surface area contributed by atoms with Gasteiger partial charge in [0.1, 0.15) is 5.78 Å². The molecule has 1 saturated heterocycles. The first-order valence-electron chi connectivity index (χ1n) is 7.16. The van der Waals surface area contributed by atoms with Gasteiger partial charge in [-0.1, -0.05) is 18.2 Å². The fourth-order valence-corrected chi connectivity index (χ4v) is 3.09. The van der Waals surface area contributed by atoms with Gasteiger partial charge >= 0.3 is 0 Å². The van der Waals surface area contributed by atoms with Gasteiger partial charge < -0.3 is 4.90 Å². The van der Waals surface area contributed by atoms with Crippen molar-refractivity contribution < 1.29 is 4.79 Å². The highest BCUT2D eigenvalue weighted by Gasteiger charge is 2.16. The van der Waals surface area contributed by atoms with Crippen molar-refractivity contribution in [1.29, 1.82) is 0 Å². The van der Waals surface area contributed by atoms with E-state index in [1.807, 2.05) is 0 Å². The summed E-state index contributed by atoms with van der Waals surface area (Å²) < 4.78 is 0. The molecule has 2 nitrogen and oxygen atoms in total. The molecule has 0 aromatic heterocycles. The molecule has 0 radical (unpaired) electrons. The number of ketones is 1. The number of carbonyl (C=O) groups is 1. The maximum atomic E-state index is 11.2. The third kappa shape index (κ3) is 2.64. The van der Waals surface area contributed by atoms with Gasteiger partial charge in [-0.15, -0.1) is 0 Å². The van der Waals surface area contributed by atoms with Crippen LogP contribution in [0.3, 0.4) is 0 Å². The Morgan fingerprint density at radius 3 is 2.61 bits per heavy atom. The monoisotopic (exact) mass is 243 g/mol. The molecular weight excluding hydrogens is 222 g/mol. The Morgan fingerprint density at radius 2 is 1.78 bits per heavy atom. The van der Waals surface area contributed by atoms with Gasteiger partial charge in [-0.05, 0) is 42.4 Å². The summed E-state index contributed by atoms with van der Waals surface area (Å²) in [6.45, 7) is 3.03. The zero-order chi connectivity index (χ0) is 12.4. The highest BCUT2D eigenvalue weighted by molar-refractivity contribution is 5.79. The van der Waals surface area contributed by atoms with Crippen LogP contribution in [0.1, 0.15) is 36.0 Å². The van der Waals surface area contributed by atoms with E-state index in [4.69, 9.17) is 0 Å². The van der Waals surface area contributed by atoms with Crippen molar-refractivity contribution in [1.82, 2.24) is 4.90 Å². The van der Waals surface area contributed by atoms with Gasteiger partial charge in [-0.3, -0.25) is 4.79 Å². The number of fused-ring (bicyclic) bond motifs is 1. The average molecular weight is 243 g/mol. The highest BCUT2D eigenvalue weighted by atomic mass is 16.1. The Morgan fingerprint density at radius 1 is 1.00 bits per heavy atom. The van der Waals surface area contributed by atoms with E-state index in [0.717, 1.165) is 38.9 Å². The molecule has 96 valence electrons. The first-order chi connectivity index (χ1) is 8.81. The van der Waals surface area contributed by atoms with Crippen LogP contribution in [-0.2, 0) is 24.1 Å². The summed E-state index contributed by atoms with van der Waals surface area (Å²) >= 11 is 0. The van der Waals surface area contributed by atoms with Gasteiger partial charge in [-0.2, -0.15) is 0 Å². The predicted octanol–water partition coefficient (Wildman–Crippen LogP) is 2.38. The summed E-state index contributed by atoms with van der Waals surface area (Å²) in [5.41, 5.74) is 4.59. The molecule has 1 aliphatic heterocycles. The zero-order valence-corrected chi connectivity index (χ0v) is 11.0. The lowest BCUT2D eigenvalue weighted by Crippen LogP contribution is -2.35. The van der Waals surface area contributed by atoms with E-state index in [1.54, 1.807) is 11.1 Å². The molecular formula is C16H21NO. The van der Waals surface area contributed by atoms with Gasteiger partial charge in [0.05, 0.1) is 0 Å². The Hall–Kier alpha value is -1.15.